The first kappa shape index (κ1) is 43.0. The van der Waals surface area contributed by atoms with Crippen molar-refractivity contribution in [3.05, 3.63) is 272 Å². The van der Waals surface area contributed by atoms with Gasteiger partial charge in [0.1, 0.15) is 5.82 Å². The van der Waals surface area contributed by atoms with Gasteiger partial charge in [0, 0.05) is 11.3 Å². The number of para-hydroxylation sites is 1. The Morgan fingerprint density at radius 3 is 1.23 bits per heavy atom. The van der Waals surface area contributed by atoms with Gasteiger partial charge in [-0.1, -0.05) is 231 Å². The topological polar surface area (TPSA) is 17.8 Å². The highest BCUT2D eigenvalue weighted by Crippen LogP contribution is 2.48. The van der Waals surface area contributed by atoms with Crippen LogP contribution in [0.1, 0.15) is 17.8 Å². The second-order valence-electron chi connectivity index (χ2n) is 20.1. The summed E-state index contributed by atoms with van der Waals surface area (Å²) in [6, 6.07) is 94.3. The van der Waals surface area contributed by atoms with Crippen LogP contribution in [0.5, 0.6) is 0 Å². The molecule has 1 aliphatic carbocycles. The number of allylic oxidation sites excluding steroid dienone is 1. The minimum absolute atomic E-state index is 0.951. The van der Waals surface area contributed by atoms with Crippen molar-refractivity contribution in [1.29, 1.82) is 0 Å². The molecule has 75 heavy (non-hydrogen) atoms. The van der Waals surface area contributed by atoms with Crippen LogP contribution in [0.3, 0.4) is 0 Å². The zero-order valence-corrected chi connectivity index (χ0v) is 41.2. The van der Waals surface area contributed by atoms with Crippen LogP contribution < -0.4 is 0 Å². The van der Waals surface area contributed by atoms with Crippen LogP contribution in [0.15, 0.2) is 261 Å². The third-order valence-corrected chi connectivity index (χ3v) is 15.8. The van der Waals surface area contributed by atoms with Crippen LogP contribution >= 0.6 is 0 Å². The van der Waals surface area contributed by atoms with Gasteiger partial charge in [-0.25, -0.2) is 4.98 Å². The number of fused-ring (bicyclic) bond motifs is 7. The first-order valence-corrected chi connectivity index (χ1v) is 26.2. The molecule has 14 aromatic rings. The molecule has 0 spiro atoms. The lowest BCUT2D eigenvalue weighted by atomic mass is 9.84. The van der Waals surface area contributed by atoms with Gasteiger partial charge in [-0.3, -0.25) is 4.57 Å². The Hall–Kier alpha value is -9.63. The molecule has 2 nitrogen and oxygen atoms in total. The van der Waals surface area contributed by atoms with Gasteiger partial charge in [0.25, 0.3) is 0 Å². The Balaban J connectivity index is 0.860. The number of imidazole rings is 1. The number of aromatic nitrogens is 2. The van der Waals surface area contributed by atoms with Gasteiger partial charge in [0.15, 0.2) is 0 Å². The van der Waals surface area contributed by atoms with E-state index >= 15 is 0 Å². The highest BCUT2D eigenvalue weighted by atomic mass is 15.1. The van der Waals surface area contributed by atoms with E-state index in [9.17, 15) is 0 Å². The molecule has 0 fully saturated rings. The first-order chi connectivity index (χ1) is 37.2. The van der Waals surface area contributed by atoms with E-state index in [1.165, 1.54) is 126 Å². The van der Waals surface area contributed by atoms with Crippen molar-refractivity contribution in [2.24, 2.45) is 0 Å². The largest absolute Gasteiger partial charge is 0.293 e. The molecule has 13 aromatic carbocycles. The molecular formula is C73H48N2. The second kappa shape index (κ2) is 17.5. The lowest BCUT2D eigenvalue weighted by Crippen LogP contribution is -2.01. The third-order valence-electron chi connectivity index (χ3n) is 15.8. The van der Waals surface area contributed by atoms with Crippen LogP contribution in [0.4, 0.5) is 0 Å². The molecule has 0 bridgehead atoms. The van der Waals surface area contributed by atoms with E-state index in [4.69, 9.17) is 4.98 Å². The summed E-state index contributed by atoms with van der Waals surface area (Å²) in [5, 5.41) is 14.9. The molecule has 2 heteroatoms. The molecule has 1 aliphatic rings. The predicted octanol–water partition coefficient (Wildman–Crippen LogP) is 19.8. The summed E-state index contributed by atoms with van der Waals surface area (Å²) >= 11 is 0. The number of hydrogen-bond donors (Lipinski definition) is 0. The standard InChI is InChI=1S/C73H48N2/c1-2-20-58(21-3-1)75-68-29-15-14-28-67(68)74-73(75)52-38-36-51(37-39-52)70-61-24-10-8-22-59(61)69(60-23-9-11-25-62(60)70)50-34-30-49(31-35-50)55-42-43-65-66(46-55)72(57-41-33-48-17-5-7-19-54(48)45-57)64-27-13-12-26-63(64)71(65)56-40-32-47-16-4-6-18-53(47)44-56/h1-13,15-27,29-46H,14,28H2. The molecular weight excluding hydrogens is 905 g/mol. The van der Waals surface area contributed by atoms with Gasteiger partial charge < -0.3 is 0 Å². The Labute approximate surface area is 435 Å². The van der Waals surface area contributed by atoms with Crippen molar-refractivity contribution in [3.63, 3.8) is 0 Å². The Morgan fingerprint density at radius 1 is 0.293 bits per heavy atom. The maximum Gasteiger partial charge on any atom is 0.145 e. The molecule has 0 unspecified atom stereocenters. The van der Waals surface area contributed by atoms with Crippen molar-refractivity contribution in [1.82, 2.24) is 9.55 Å². The maximum absolute atomic E-state index is 5.25. The van der Waals surface area contributed by atoms with Crippen LogP contribution in [-0.4, -0.2) is 9.55 Å². The molecule has 1 aromatic heterocycles. The fourth-order valence-corrected chi connectivity index (χ4v) is 12.3. The lowest BCUT2D eigenvalue weighted by molar-refractivity contribution is 0.936. The summed E-state index contributed by atoms with van der Waals surface area (Å²) in [7, 11) is 0. The van der Waals surface area contributed by atoms with E-state index in [0.29, 0.717) is 0 Å². The average molecular weight is 953 g/mol. The highest BCUT2D eigenvalue weighted by Gasteiger charge is 2.23. The van der Waals surface area contributed by atoms with E-state index in [1.54, 1.807) is 0 Å². The first-order valence-electron chi connectivity index (χ1n) is 26.2. The number of nitrogens with zero attached hydrogens (tertiary/aromatic N) is 2. The summed E-state index contributed by atoms with van der Waals surface area (Å²) in [5.41, 5.74) is 16.8. The minimum Gasteiger partial charge on any atom is -0.293 e. The van der Waals surface area contributed by atoms with Gasteiger partial charge in [-0.05, 0) is 170 Å². The SMILES string of the molecule is C1=Cc2c(nc(-c3ccc(-c4c5ccccc5c(-c5ccc(-c6ccc7c(-c8ccc9ccccc9c8)c8ccccc8c(-c8ccc9ccccc9c8)c7c6)cc5)c5ccccc45)cc3)n2-c2ccccc2)CC1. The summed E-state index contributed by atoms with van der Waals surface area (Å²) < 4.78 is 2.32. The van der Waals surface area contributed by atoms with Gasteiger partial charge in [-0.15, -0.1) is 0 Å². The van der Waals surface area contributed by atoms with Gasteiger partial charge in [0.2, 0.25) is 0 Å². The number of rotatable bonds is 7. The second-order valence-corrected chi connectivity index (χ2v) is 20.1. The maximum atomic E-state index is 5.25. The molecule has 0 radical (unpaired) electrons. The van der Waals surface area contributed by atoms with Crippen molar-refractivity contribution in [3.8, 4) is 72.7 Å². The predicted molar refractivity (Wildman–Crippen MR) is 319 cm³/mol. The van der Waals surface area contributed by atoms with Crippen LogP contribution in [0.25, 0.3) is 143 Å². The zero-order chi connectivity index (χ0) is 49.4. The van der Waals surface area contributed by atoms with Crippen molar-refractivity contribution < 1.29 is 0 Å². The minimum atomic E-state index is 0.951. The van der Waals surface area contributed by atoms with E-state index in [1.807, 2.05) is 0 Å². The van der Waals surface area contributed by atoms with Gasteiger partial charge in [-0.2, -0.15) is 0 Å². The normalized spacial score (nSPS) is 12.4. The Morgan fingerprint density at radius 2 is 0.693 bits per heavy atom. The number of hydrogen-bond acceptors (Lipinski definition) is 1. The van der Waals surface area contributed by atoms with Crippen LogP contribution in [0, 0.1) is 0 Å². The van der Waals surface area contributed by atoms with E-state index in [2.05, 4.69) is 272 Å². The molecule has 0 aliphatic heterocycles. The quantitative estimate of drug-likeness (QED) is 0.146. The molecule has 0 amide bonds. The molecule has 1 heterocycles. The molecule has 0 atom stereocenters. The van der Waals surface area contributed by atoms with Crippen LogP contribution in [0.2, 0.25) is 0 Å². The summed E-state index contributed by atoms with van der Waals surface area (Å²) in [6.07, 6.45) is 6.47. The Bertz CT molecular complexity index is 4560. The highest BCUT2D eigenvalue weighted by molar-refractivity contribution is 6.24. The van der Waals surface area contributed by atoms with Crippen molar-refractivity contribution in [2.45, 2.75) is 12.8 Å². The fourth-order valence-electron chi connectivity index (χ4n) is 12.3. The van der Waals surface area contributed by atoms with Crippen LogP contribution in [-0.2, 0) is 6.42 Å². The van der Waals surface area contributed by atoms with E-state index < -0.39 is 0 Å². The lowest BCUT2D eigenvalue weighted by Gasteiger charge is -2.20. The molecule has 0 saturated heterocycles. The fraction of sp³-hybridized carbons (Fsp3) is 0.0274. The molecule has 0 N–H and O–H groups in total. The average Bonchev–Trinajstić information content (AvgIpc) is 3.90. The summed E-state index contributed by atoms with van der Waals surface area (Å²) in [5.74, 6) is 0.978. The summed E-state index contributed by atoms with van der Waals surface area (Å²) in [6.45, 7) is 0. The van der Waals surface area contributed by atoms with Gasteiger partial charge >= 0.3 is 0 Å². The smallest absolute Gasteiger partial charge is 0.145 e. The monoisotopic (exact) mass is 952 g/mol. The molecule has 15 rings (SSSR count). The number of benzene rings is 13. The third kappa shape index (κ3) is 7.13. The van der Waals surface area contributed by atoms with Crippen molar-refractivity contribution in [2.75, 3.05) is 0 Å². The van der Waals surface area contributed by atoms with E-state index in [-0.39, 0.29) is 0 Å². The van der Waals surface area contributed by atoms with Crippen molar-refractivity contribution >= 4 is 70.7 Å². The Kier molecular flexibility index (Phi) is 10.1. The zero-order valence-electron chi connectivity index (χ0n) is 41.2. The molecule has 350 valence electrons. The molecule has 0 saturated carbocycles. The van der Waals surface area contributed by atoms with E-state index in [0.717, 1.165) is 35.6 Å². The van der Waals surface area contributed by atoms with Gasteiger partial charge in [0.05, 0.1) is 11.4 Å². The summed E-state index contributed by atoms with van der Waals surface area (Å²) in [4.78, 5) is 5.25. The number of aryl methyl sites for hydroxylation is 1.